The van der Waals surface area contributed by atoms with E-state index in [1.165, 1.54) is 0 Å². The van der Waals surface area contributed by atoms with E-state index in [0.29, 0.717) is 43.2 Å². The maximum absolute atomic E-state index is 13.4. The number of methoxy groups -OCH3 is 1. The van der Waals surface area contributed by atoms with E-state index in [0.717, 1.165) is 49.0 Å². The molecular formula is C27H35N7O5. The lowest BCUT2D eigenvalue weighted by Crippen LogP contribution is -2.42. The van der Waals surface area contributed by atoms with Gasteiger partial charge >= 0.3 is 6.03 Å². The van der Waals surface area contributed by atoms with E-state index in [-0.39, 0.29) is 42.9 Å². The predicted octanol–water partition coefficient (Wildman–Crippen LogP) is 2.65. The molecule has 0 bridgehead atoms. The summed E-state index contributed by atoms with van der Waals surface area (Å²) in [6, 6.07) is 3.51. The van der Waals surface area contributed by atoms with Crippen LogP contribution in [0.4, 0.5) is 27.8 Å². The number of morpholine rings is 1. The molecule has 2 fully saturated rings. The Morgan fingerprint density at radius 2 is 2.10 bits per heavy atom. The van der Waals surface area contributed by atoms with E-state index in [1.807, 2.05) is 19.2 Å². The van der Waals surface area contributed by atoms with Crippen LogP contribution in [-0.4, -0.2) is 85.7 Å². The van der Waals surface area contributed by atoms with Gasteiger partial charge < -0.3 is 25.0 Å². The first-order valence-electron chi connectivity index (χ1n) is 13.4. The molecule has 1 saturated carbocycles. The number of ether oxygens (including phenoxy) is 2. The molecule has 2 aliphatic heterocycles. The number of urea groups is 1. The Bertz CT molecular complexity index is 1240. The molecule has 2 aromatic heterocycles. The van der Waals surface area contributed by atoms with Gasteiger partial charge in [0.2, 0.25) is 5.91 Å². The molecule has 3 N–H and O–H groups in total. The summed E-state index contributed by atoms with van der Waals surface area (Å²) < 4.78 is 10.8. The molecule has 2 atom stereocenters. The van der Waals surface area contributed by atoms with Crippen LogP contribution in [0, 0.1) is 0 Å². The second-order valence-corrected chi connectivity index (χ2v) is 10.0. The zero-order valence-electron chi connectivity index (χ0n) is 22.4. The van der Waals surface area contributed by atoms with Crippen molar-refractivity contribution in [1.82, 2.24) is 14.9 Å². The first-order chi connectivity index (χ1) is 19.0. The first kappa shape index (κ1) is 26.8. The fraction of sp³-hybridized carbons (Fsp3) is 0.519. The first-order valence-corrected chi connectivity index (χ1v) is 13.4. The molecule has 208 valence electrons. The number of nitrogens with zero attached hydrogens (tertiary/aromatic N) is 4. The van der Waals surface area contributed by atoms with Crippen molar-refractivity contribution >= 4 is 41.2 Å². The Labute approximate surface area is 227 Å². The van der Waals surface area contributed by atoms with Crippen LogP contribution in [0.2, 0.25) is 0 Å². The van der Waals surface area contributed by atoms with E-state index in [9.17, 15) is 14.4 Å². The fourth-order valence-electron chi connectivity index (χ4n) is 5.50. The van der Waals surface area contributed by atoms with Crippen molar-refractivity contribution in [2.45, 2.75) is 50.8 Å². The van der Waals surface area contributed by atoms with E-state index in [2.05, 4.69) is 25.9 Å². The number of carbonyl (C=O) groups excluding carboxylic acids is 3. The molecule has 0 radical (unpaired) electrons. The number of aldehydes is 1. The van der Waals surface area contributed by atoms with Gasteiger partial charge in [-0.3, -0.25) is 19.8 Å². The maximum atomic E-state index is 13.4. The Morgan fingerprint density at radius 3 is 2.87 bits per heavy atom. The highest BCUT2D eigenvalue weighted by atomic mass is 16.5. The van der Waals surface area contributed by atoms with Gasteiger partial charge in [-0.1, -0.05) is 0 Å². The lowest BCUT2D eigenvalue weighted by atomic mass is 10.0. The van der Waals surface area contributed by atoms with Crippen molar-refractivity contribution < 1.29 is 23.9 Å². The Balaban J connectivity index is 1.34. The molecule has 1 aliphatic carbocycles. The van der Waals surface area contributed by atoms with Crippen LogP contribution in [0.5, 0.6) is 0 Å². The Hall–Kier alpha value is -3.77. The highest BCUT2D eigenvalue weighted by molar-refractivity contribution is 6.02. The molecule has 3 aliphatic rings. The van der Waals surface area contributed by atoms with Gasteiger partial charge in [0.15, 0.2) is 6.29 Å². The van der Waals surface area contributed by atoms with Gasteiger partial charge in [0.25, 0.3) is 0 Å². The number of amides is 3. The highest BCUT2D eigenvalue weighted by Gasteiger charge is 2.29. The second kappa shape index (κ2) is 12.0. The molecule has 3 amide bonds. The van der Waals surface area contributed by atoms with E-state index in [1.54, 1.807) is 23.1 Å². The minimum atomic E-state index is -0.373. The number of pyridine rings is 2. The lowest BCUT2D eigenvalue weighted by molar-refractivity contribution is -0.143. The summed E-state index contributed by atoms with van der Waals surface area (Å²) in [5.74, 6) is 0.740. The number of aryl methyl sites for hydroxylation is 1. The van der Waals surface area contributed by atoms with Crippen LogP contribution >= 0.6 is 0 Å². The van der Waals surface area contributed by atoms with Crippen molar-refractivity contribution in [2.75, 3.05) is 61.3 Å². The van der Waals surface area contributed by atoms with Crippen LogP contribution in [-0.2, 0) is 27.2 Å². The van der Waals surface area contributed by atoms with Crippen LogP contribution in [0.15, 0.2) is 18.3 Å². The van der Waals surface area contributed by atoms with Gasteiger partial charge in [-0.05, 0) is 43.7 Å². The Morgan fingerprint density at radius 1 is 1.23 bits per heavy atom. The molecule has 5 rings (SSSR count). The maximum Gasteiger partial charge on any atom is 0.328 e. The summed E-state index contributed by atoms with van der Waals surface area (Å²) in [6.45, 7) is 1.71. The van der Waals surface area contributed by atoms with Crippen molar-refractivity contribution in [2.24, 2.45) is 0 Å². The number of hydrogen-bond donors (Lipinski definition) is 3. The number of rotatable bonds is 8. The molecule has 0 aromatic carbocycles. The van der Waals surface area contributed by atoms with Gasteiger partial charge in [-0.25, -0.2) is 14.8 Å². The van der Waals surface area contributed by atoms with Crippen LogP contribution < -0.4 is 20.9 Å². The summed E-state index contributed by atoms with van der Waals surface area (Å²) in [6.07, 6.45) is 7.06. The van der Waals surface area contributed by atoms with Gasteiger partial charge in [-0.2, -0.15) is 0 Å². The number of aromatic nitrogens is 2. The summed E-state index contributed by atoms with van der Waals surface area (Å²) in [4.78, 5) is 49.8. The van der Waals surface area contributed by atoms with E-state index >= 15 is 0 Å². The zero-order valence-corrected chi connectivity index (χ0v) is 22.4. The van der Waals surface area contributed by atoms with Crippen molar-refractivity contribution in [3.05, 3.63) is 35.2 Å². The average Bonchev–Trinajstić information content (AvgIpc) is 3.40. The monoisotopic (exact) mass is 537 g/mol. The van der Waals surface area contributed by atoms with Gasteiger partial charge in [-0.15, -0.1) is 0 Å². The standard InChI is InChI=1S/C27H35N7O5/c1-28-21-13-29-24(12-20(21)30-19-6-3-7-23(19)38-2)32-27(37)34-8-4-5-17-11-18(22(15-35)31-26(17)34)14-33-9-10-39-16-25(33)36/h11-13,15,19,23,28H,3-10,14,16H2,1-2H3,(H2,29,30,32,37)/t19-,23+/m0/s1. The quantitative estimate of drug-likeness (QED) is 0.434. The van der Waals surface area contributed by atoms with E-state index in [4.69, 9.17) is 9.47 Å². The molecule has 1 saturated heterocycles. The molecule has 2 aromatic rings. The predicted molar refractivity (Wildman–Crippen MR) is 146 cm³/mol. The van der Waals surface area contributed by atoms with Crippen LogP contribution in [0.1, 0.15) is 47.3 Å². The van der Waals surface area contributed by atoms with E-state index < -0.39 is 0 Å². The summed E-state index contributed by atoms with van der Waals surface area (Å²) in [7, 11) is 3.56. The topological polar surface area (TPSA) is 138 Å². The third-order valence-corrected chi connectivity index (χ3v) is 7.58. The number of hydrogen-bond acceptors (Lipinski definition) is 9. The van der Waals surface area contributed by atoms with Crippen LogP contribution in [0.25, 0.3) is 0 Å². The molecule has 12 heteroatoms. The van der Waals surface area contributed by atoms with Crippen LogP contribution in [0.3, 0.4) is 0 Å². The summed E-state index contributed by atoms with van der Waals surface area (Å²) in [5.41, 5.74) is 3.41. The minimum absolute atomic E-state index is 0.0386. The zero-order chi connectivity index (χ0) is 27.4. The van der Waals surface area contributed by atoms with Gasteiger partial charge in [0, 0.05) is 45.4 Å². The summed E-state index contributed by atoms with van der Waals surface area (Å²) >= 11 is 0. The van der Waals surface area contributed by atoms with Crippen molar-refractivity contribution in [1.29, 1.82) is 0 Å². The normalized spacial score (nSPS) is 20.9. The van der Waals surface area contributed by atoms with Gasteiger partial charge in [0.1, 0.15) is 23.9 Å². The average molecular weight is 538 g/mol. The number of fused-ring (bicyclic) bond motifs is 1. The summed E-state index contributed by atoms with van der Waals surface area (Å²) in [5, 5.41) is 9.59. The number of nitrogens with one attached hydrogen (secondary N) is 3. The third-order valence-electron chi connectivity index (χ3n) is 7.58. The molecule has 0 spiro atoms. The SMILES string of the molecule is CNc1cnc(NC(=O)N2CCCc3cc(CN4CCOCC4=O)c(C=O)nc32)cc1N[C@H]1CCC[C@H]1OC. The minimum Gasteiger partial charge on any atom is -0.385 e. The molecule has 12 nitrogen and oxygen atoms in total. The molecule has 39 heavy (non-hydrogen) atoms. The highest BCUT2D eigenvalue weighted by Crippen LogP contribution is 2.31. The lowest BCUT2D eigenvalue weighted by Gasteiger charge is -2.31. The van der Waals surface area contributed by atoms with Crippen molar-refractivity contribution in [3.63, 3.8) is 0 Å². The molecular weight excluding hydrogens is 502 g/mol. The smallest absolute Gasteiger partial charge is 0.328 e. The third kappa shape index (κ3) is 5.81. The second-order valence-electron chi connectivity index (χ2n) is 10.0. The largest absolute Gasteiger partial charge is 0.385 e. The molecule has 0 unspecified atom stereocenters. The van der Waals surface area contributed by atoms with Crippen molar-refractivity contribution in [3.8, 4) is 0 Å². The number of carbonyl (C=O) groups is 3. The number of anilines is 4. The Kier molecular flexibility index (Phi) is 8.22. The molecule has 4 heterocycles. The fourth-order valence-corrected chi connectivity index (χ4v) is 5.50. The van der Waals surface area contributed by atoms with Gasteiger partial charge in [0.05, 0.1) is 36.3 Å².